The Morgan fingerprint density at radius 3 is 2.52 bits per heavy atom. The lowest BCUT2D eigenvalue weighted by atomic mass is 10.0. The zero-order valence-electron chi connectivity index (χ0n) is 14.6. The molecule has 0 aliphatic rings. The molecule has 0 saturated carbocycles. The first-order valence-electron chi connectivity index (χ1n) is 8.59. The van der Waals surface area contributed by atoms with Crippen LogP contribution in [0.3, 0.4) is 0 Å². The predicted molar refractivity (Wildman–Crippen MR) is 107 cm³/mol. The second kappa shape index (κ2) is 7.29. The van der Waals surface area contributed by atoms with Gasteiger partial charge in [-0.1, -0.05) is 42.5 Å². The molecule has 0 saturated heterocycles. The Morgan fingerprint density at radius 1 is 1.04 bits per heavy atom. The molecular formula is C22H17FN2OS. The van der Waals surface area contributed by atoms with Gasteiger partial charge in [-0.3, -0.25) is 9.78 Å². The van der Waals surface area contributed by atoms with Gasteiger partial charge in [0, 0.05) is 16.3 Å². The van der Waals surface area contributed by atoms with Gasteiger partial charge in [0.15, 0.2) is 0 Å². The maximum atomic E-state index is 14.2. The van der Waals surface area contributed by atoms with E-state index in [0.29, 0.717) is 15.8 Å². The third-order valence-electron chi connectivity index (χ3n) is 4.50. The number of aryl methyl sites for hydroxylation is 1. The summed E-state index contributed by atoms with van der Waals surface area (Å²) in [5, 5.41) is 3.59. The molecule has 4 rings (SSSR count). The number of hydrogen-bond donors (Lipinski definition) is 1. The first-order chi connectivity index (χ1) is 13.1. The highest BCUT2D eigenvalue weighted by Crippen LogP contribution is 2.33. The highest BCUT2D eigenvalue weighted by Gasteiger charge is 2.23. The maximum Gasteiger partial charge on any atom is 0.262 e. The SMILES string of the molecule is Cc1c(C(=O)NC(c2ccccc2)c2ccccn2)sc2cccc(F)c12. The standard InChI is InChI=1S/C22H17FN2OS/c1-14-19-16(23)10-7-12-18(19)27-21(14)22(26)25-20(15-8-3-2-4-9-15)17-11-5-6-13-24-17/h2-13,20H,1H3,(H,25,26). The molecule has 0 aliphatic heterocycles. The summed E-state index contributed by atoms with van der Waals surface area (Å²) in [6.45, 7) is 1.79. The lowest BCUT2D eigenvalue weighted by molar-refractivity contribution is 0.0946. The predicted octanol–water partition coefficient (Wildman–Crippen LogP) is 5.26. The highest BCUT2D eigenvalue weighted by atomic mass is 32.1. The number of thiophene rings is 1. The van der Waals surface area contributed by atoms with E-state index in [4.69, 9.17) is 0 Å². The Bertz CT molecular complexity index is 1050. The minimum Gasteiger partial charge on any atom is -0.339 e. The first-order valence-corrected chi connectivity index (χ1v) is 9.41. The zero-order valence-corrected chi connectivity index (χ0v) is 15.5. The molecule has 0 spiro atoms. The summed E-state index contributed by atoms with van der Waals surface area (Å²) >= 11 is 1.31. The highest BCUT2D eigenvalue weighted by molar-refractivity contribution is 7.21. The van der Waals surface area contributed by atoms with Gasteiger partial charge < -0.3 is 5.32 Å². The van der Waals surface area contributed by atoms with Crippen molar-refractivity contribution in [3.63, 3.8) is 0 Å². The second-order valence-corrected chi connectivity index (χ2v) is 7.29. The van der Waals surface area contributed by atoms with Crippen molar-refractivity contribution >= 4 is 27.3 Å². The van der Waals surface area contributed by atoms with Crippen molar-refractivity contribution in [3.8, 4) is 0 Å². The monoisotopic (exact) mass is 376 g/mol. The molecule has 1 N–H and O–H groups in total. The molecule has 0 aliphatic carbocycles. The summed E-state index contributed by atoms with van der Waals surface area (Å²) in [5.41, 5.74) is 2.36. The van der Waals surface area contributed by atoms with Crippen molar-refractivity contribution in [2.24, 2.45) is 0 Å². The Labute approximate surface area is 160 Å². The fourth-order valence-electron chi connectivity index (χ4n) is 3.19. The Hall–Kier alpha value is -3.05. The van der Waals surface area contributed by atoms with Crippen LogP contribution in [0.25, 0.3) is 10.1 Å². The molecule has 1 atom stereocenters. The summed E-state index contributed by atoms with van der Waals surface area (Å²) in [6, 6.07) is 19.9. The van der Waals surface area contributed by atoms with Crippen LogP contribution < -0.4 is 5.32 Å². The molecule has 134 valence electrons. The van der Waals surface area contributed by atoms with Gasteiger partial charge in [-0.2, -0.15) is 0 Å². The van der Waals surface area contributed by atoms with Crippen molar-refractivity contribution in [3.05, 3.63) is 100 Å². The third kappa shape index (κ3) is 3.34. The summed E-state index contributed by atoms with van der Waals surface area (Å²) in [7, 11) is 0. The van der Waals surface area contributed by atoms with Crippen LogP contribution in [0.1, 0.15) is 32.5 Å². The molecule has 5 heteroatoms. The van der Waals surface area contributed by atoms with E-state index in [1.807, 2.05) is 54.6 Å². The van der Waals surface area contributed by atoms with Crippen molar-refractivity contribution in [1.82, 2.24) is 10.3 Å². The van der Waals surface area contributed by atoms with Crippen molar-refractivity contribution in [1.29, 1.82) is 0 Å². The van der Waals surface area contributed by atoms with Gasteiger partial charge in [-0.15, -0.1) is 11.3 Å². The number of nitrogens with zero attached hydrogens (tertiary/aromatic N) is 1. The number of benzene rings is 2. The van der Waals surface area contributed by atoms with E-state index in [1.165, 1.54) is 17.4 Å². The van der Waals surface area contributed by atoms with Crippen molar-refractivity contribution < 1.29 is 9.18 Å². The van der Waals surface area contributed by atoms with Gasteiger partial charge in [-0.05, 0) is 42.3 Å². The van der Waals surface area contributed by atoms with Crippen LogP contribution in [-0.4, -0.2) is 10.9 Å². The van der Waals surface area contributed by atoms with Crippen LogP contribution in [-0.2, 0) is 0 Å². The van der Waals surface area contributed by atoms with Gasteiger partial charge in [0.25, 0.3) is 5.91 Å². The number of amides is 1. The van der Waals surface area contributed by atoms with Gasteiger partial charge in [0.05, 0.1) is 16.6 Å². The summed E-state index contributed by atoms with van der Waals surface area (Å²) in [4.78, 5) is 18.0. The Balaban J connectivity index is 1.73. The maximum absolute atomic E-state index is 14.2. The van der Waals surface area contributed by atoms with Crippen LogP contribution in [0.4, 0.5) is 4.39 Å². The average molecular weight is 376 g/mol. The zero-order chi connectivity index (χ0) is 18.8. The molecule has 0 bridgehead atoms. The number of aromatic nitrogens is 1. The van der Waals surface area contributed by atoms with Crippen molar-refractivity contribution in [2.75, 3.05) is 0 Å². The number of carbonyl (C=O) groups excluding carboxylic acids is 1. The van der Waals surface area contributed by atoms with E-state index in [9.17, 15) is 9.18 Å². The summed E-state index contributed by atoms with van der Waals surface area (Å²) < 4.78 is 15.0. The number of rotatable bonds is 4. The number of nitrogens with one attached hydrogen (secondary N) is 1. The molecule has 1 unspecified atom stereocenters. The molecule has 0 radical (unpaired) electrons. The minimum absolute atomic E-state index is 0.229. The fourth-order valence-corrected chi connectivity index (χ4v) is 4.31. The third-order valence-corrected chi connectivity index (χ3v) is 5.76. The molecule has 2 aromatic heterocycles. The van der Waals surface area contributed by atoms with E-state index in [2.05, 4.69) is 10.3 Å². The smallest absolute Gasteiger partial charge is 0.262 e. The molecular weight excluding hydrogens is 359 g/mol. The second-order valence-electron chi connectivity index (χ2n) is 6.24. The lowest BCUT2D eigenvalue weighted by Crippen LogP contribution is -2.29. The fraction of sp³-hybridized carbons (Fsp3) is 0.0909. The quantitative estimate of drug-likeness (QED) is 0.528. The number of pyridine rings is 1. The normalized spacial score (nSPS) is 12.1. The number of fused-ring (bicyclic) bond motifs is 1. The van der Waals surface area contributed by atoms with Gasteiger partial charge in [0.2, 0.25) is 0 Å². The molecule has 2 heterocycles. The van der Waals surface area contributed by atoms with Crippen molar-refractivity contribution in [2.45, 2.75) is 13.0 Å². The van der Waals surface area contributed by atoms with E-state index in [1.54, 1.807) is 19.2 Å². The molecule has 1 amide bonds. The van der Waals surface area contributed by atoms with Gasteiger partial charge in [0.1, 0.15) is 5.82 Å². The van der Waals surface area contributed by atoms with Crippen LogP contribution in [0.2, 0.25) is 0 Å². The van der Waals surface area contributed by atoms with Crippen LogP contribution in [0.15, 0.2) is 72.9 Å². The van der Waals surface area contributed by atoms with E-state index in [0.717, 1.165) is 16.0 Å². The van der Waals surface area contributed by atoms with Gasteiger partial charge in [-0.25, -0.2) is 4.39 Å². The summed E-state index contributed by atoms with van der Waals surface area (Å²) in [6.07, 6.45) is 1.71. The summed E-state index contributed by atoms with van der Waals surface area (Å²) in [5.74, 6) is -0.530. The Kier molecular flexibility index (Phi) is 4.69. The number of halogens is 1. The topological polar surface area (TPSA) is 42.0 Å². The van der Waals surface area contributed by atoms with Gasteiger partial charge >= 0.3 is 0 Å². The largest absolute Gasteiger partial charge is 0.339 e. The lowest BCUT2D eigenvalue weighted by Gasteiger charge is -2.18. The number of hydrogen-bond acceptors (Lipinski definition) is 3. The van der Waals surface area contributed by atoms with Crippen LogP contribution >= 0.6 is 11.3 Å². The van der Waals surface area contributed by atoms with Crippen LogP contribution in [0, 0.1) is 12.7 Å². The average Bonchev–Trinajstić information content (AvgIpc) is 3.05. The van der Waals surface area contributed by atoms with E-state index < -0.39 is 0 Å². The van der Waals surface area contributed by atoms with Crippen LogP contribution in [0.5, 0.6) is 0 Å². The van der Waals surface area contributed by atoms with E-state index >= 15 is 0 Å². The molecule has 0 fully saturated rings. The minimum atomic E-state index is -0.380. The molecule has 3 nitrogen and oxygen atoms in total. The first kappa shape index (κ1) is 17.4. The Morgan fingerprint density at radius 2 is 1.81 bits per heavy atom. The number of carbonyl (C=O) groups is 1. The molecule has 2 aromatic carbocycles. The molecule has 27 heavy (non-hydrogen) atoms. The van der Waals surface area contributed by atoms with E-state index in [-0.39, 0.29) is 17.8 Å². The molecule has 4 aromatic rings.